The lowest BCUT2D eigenvalue weighted by molar-refractivity contribution is -0.143. The molecule has 0 radical (unpaired) electrons. The van der Waals surface area contributed by atoms with Crippen molar-refractivity contribution in [1.29, 1.82) is 0 Å². The minimum atomic E-state index is -0.384. The van der Waals surface area contributed by atoms with Gasteiger partial charge in [-0.1, -0.05) is 0 Å². The molecule has 0 saturated carbocycles. The topological polar surface area (TPSA) is 60.9 Å². The number of hydrogen-bond acceptors (Lipinski definition) is 3. The smallest absolute Gasteiger partial charge is 0.253 e. The molecule has 1 atom stereocenters. The minimum Gasteiger partial charge on any atom is -0.345 e. The summed E-state index contributed by atoms with van der Waals surface area (Å²) in [4.78, 5) is 42.7. The predicted octanol–water partition coefficient (Wildman–Crippen LogP) is 1.90. The number of benzene rings is 1. The van der Waals surface area contributed by atoms with Crippen molar-refractivity contribution in [1.82, 2.24) is 9.80 Å². The Labute approximate surface area is 153 Å². The van der Waals surface area contributed by atoms with Gasteiger partial charge < -0.3 is 14.7 Å². The summed E-state index contributed by atoms with van der Waals surface area (Å²) in [6.45, 7) is 2.70. The molecule has 3 aliphatic heterocycles. The number of carbonyl (C=O) groups is 3. The van der Waals surface area contributed by atoms with Crippen LogP contribution in [0.4, 0.5) is 5.69 Å². The highest BCUT2D eigenvalue weighted by atomic mass is 16.2. The van der Waals surface area contributed by atoms with Crippen LogP contribution in [0.3, 0.4) is 0 Å². The van der Waals surface area contributed by atoms with Gasteiger partial charge in [0.25, 0.3) is 5.91 Å². The monoisotopic (exact) mass is 355 g/mol. The van der Waals surface area contributed by atoms with E-state index < -0.39 is 0 Å². The molecule has 3 amide bonds. The summed E-state index contributed by atoms with van der Waals surface area (Å²) in [5, 5.41) is 0. The Morgan fingerprint density at radius 1 is 1.00 bits per heavy atom. The Balaban J connectivity index is 1.46. The molecule has 6 heteroatoms. The molecular formula is C20H25N3O3. The zero-order chi connectivity index (χ0) is 18.3. The van der Waals surface area contributed by atoms with E-state index in [-0.39, 0.29) is 23.1 Å². The zero-order valence-corrected chi connectivity index (χ0v) is 15.2. The van der Waals surface area contributed by atoms with Gasteiger partial charge in [-0.25, -0.2) is 0 Å². The summed E-state index contributed by atoms with van der Waals surface area (Å²) in [5.74, 6) is 0.301. The molecule has 26 heavy (non-hydrogen) atoms. The summed E-state index contributed by atoms with van der Waals surface area (Å²) in [6.07, 6.45) is 4.11. The van der Waals surface area contributed by atoms with Gasteiger partial charge >= 0.3 is 0 Å². The molecule has 138 valence electrons. The van der Waals surface area contributed by atoms with Crippen molar-refractivity contribution in [2.45, 2.75) is 32.1 Å². The van der Waals surface area contributed by atoms with Gasteiger partial charge in [0.05, 0.1) is 5.41 Å². The first-order valence-corrected chi connectivity index (χ1v) is 9.45. The van der Waals surface area contributed by atoms with E-state index in [1.165, 1.54) is 0 Å². The van der Waals surface area contributed by atoms with Crippen molar-refractivity contribution in [3.05, 3.63) is 29.8 Å². The summed E-state index contributed by atoms with van der Waals surface area (Å²) in [5.41, 5.74) is 1.09. The van der Waals surface area contributed by atoms with E-state index in [1.807, 2.05) is 24.1 Å². The average Bonchev–Trinajstić information content (AvgIpc) is 3.27. The van der Waals surface area contributed by atoms with E-state index in [1.54, 1.807) is 21.9 Å². The Hall–Kier alpha value is -2.37. The molecule has 3 aliphatic rings. The second-order valence-corrected chi connectivity index (χ2v) is 7.78. The molecule has 0 N–H and O–H groups in total. The summed E-state index contributed by atoms with van der Waals surface area (Å²) >= 11 is 0. The number of hydrogen-bond donors (Lipinski definition) is 0. The second-order valence-electron chi connectivity index (χ2n) is 7.78. The standard InChI is InChI=1S/C20H25N3O3/c1-21-11-3-9-20(19(21)26)10-13-22(14-20)18(25)15-5-7-16(8-6-15)23-12-2-4-17(23)24/h5-8H,2-4,9-14H2,1H3/t20-/m0/s1. The van der Waals surface area contributed by atoms with Crippen LogP contribution in [0.2, 0.25) is 0 Å². The number of amides is 3. The minimum absolute atomic E-state index is 0.0257. The summed E-state index contributed by atoms with van der Waals surface area (Å²) < 4.78 is 0. The van der Waals surface area contributed by atoms with Crippen molar-refractivity contribution in [2.75, 3.05) is 38.1 Å². The molecule has 4 rings (SSSR count). The van der Waals surface area contributed by atoms with Gasteiger partial charge in [-0.3, -0.25) is 14.4 Å². The van der Waals surface area contributed by atoms with Crippen LogP contribution in [0.15, 0.2) is 24.3 Å². The van der Waals surface area contributed by atoms with Crippen molar-refractivity contribution in [2.24, 2.45) is 5.41 Å². The van der Waals surface area contributed by atoms with Crippen molar-refractivity contribution >= 4 is 23.4 Å². The fraction of sp³-hybridized carbons (Fsp3) is 0.550. The molecule has 3 fully saturated rings. The summed E-state index contributed by atoms with van der Waals surface area (Å²) in [7, 11) is 1.85. The molecule has 6 nitrogen and oxygen atoms in total. The van der Waals surface area contributed by atoms with E-state index >= 15 is 0 Å². The maximum absolute atomic E-state index is 12.9. The quantitative estimate of drug-likeness (QED) is 0.814. The molecule has 0 aromatic heterocycles. The van der Waals surface area contributed by atoms with Crippen molar-refractivity contribution in [3.8, 4) is 0 Å². The van der Waals surface area contributed by atoms with Crippen LogP contribution in [-0.2, 0) is 9.59 Å². The van der Waals surface area contributed by atoms with E-state index in [2.05, 4.69) is 0 Å². The van der Waals surface area contributed by atoms with Gasteiger partial charge in [-0.2, -0.15) is 0 Å². The van der Waals surface area contributed by atoms with E-state index in [9.17, 15) is 14.4 Å². The molecular weight excluding hydrogens is 330 g/mol. The van der Waals surface area contributed by atoms with Crippen molar-refractivity contribution < 1.29 is 14.4 Å². The van der Waals surface area contributed by atoms with Crippen LogP contribution in [-0.4, -0.2) is 60.7 Å². The van der Waals surface area contributed by atoms with Gasteiger partial charge in [0.2, 0.25) is 11.8 Å². The van der Waals surface area contributed by atoms with E-state index in [4.69, 9.17) is 0 Å². The van der Waals surface area contributed by atoms with Gasteiger partial charge in [0.15, 0.2) is 0 Å². The molecule has 1 spiro atoms. The normalized spacial score (nSPS) is 26.3. The fourth-order valence-electron chi connectivity index (χ4n) is 4.58. The maximum atomic E-state index is 12.9. The molecule has 0 aliphatic carbocycles. The Kier molecular flexibility index (Phi) is 4.21. The lowest BCUT2D eigenvalue weighted by Crippen LogP contribution is -2.48. The van der Waals surface area contributed by atoms with Crippen molar-refractivity contribution in [3.63, 3.8) is 0 Å². The number of nitrogens with zero attached hydrogens (tertiary/aromatic N) is 3. The number of anilines is 1. The number of piperidine rings is 1. The highest BCUT2D eigenvalue weighted by Gasteiger charge is 2.48. The molecule has 0 unspecified atom stereocenters. The van der Waals surface area contributed by atoms with Gasteiger partial charge in [0.1, 0.15) is 0 Å². The summed E-state index contributed by atoms with van der Waals surface area (Å²) in [6, 6.07) is 7.29. The molecule has 1 aromatic carbocycles. The Bertz CT molecular complexity index is 745. The number of rotatable bonds is 2. The predicted molar refractivity (Wildman–Crippen MR) is 97.9 cm³/mol. The highest BCUT2D eigenvalue weighted by Crippen LogP contribution is 2.40. The van der Waals surface area contributed by atoms with Crippen LogP contribution in [0.5, 0.6) is 0 Å². The first-order chi connectivity index (χ1) is 12.5. The first kappa shape index (κ1) is 17.1. The number of carbonyl (C=O) groups excluding carboxylic acids is 3. The van der Waals surface area contributed by atoms with Gasteiger partial charge in [-0.15, -0.1) is 0 Å². The van der Waals surface area contributed by atoms with E-state index in [0.29, 0.717) is 25.1 Å². The average molecular weight is 355 g/mol. The number of likely N-dealkylation sites (tertiary alicyclic amines) is 2. The second kappa shape index (κ2) is 6.41. The Morgan fingerprint density at radius 2 is 1.77 bits per heavy atom. The highest BCUT2D eigenvalue weighted by molar-refractivity contribution is 5.98. The SMILES string of the molecule is CN1CCC[C@@]2(CCN(C(=O)c3ccc(N4CCCC4=O)cc3)C2)C1=O. The van der Waals surface area contributed by atoms with Crippen LogP contribution < -0.4 is 4.90 Å². The molecule has 3 saturated heterocycles. The lowest BCUT2D eigenvalue weighted by Gasteiger charge is -2.37. The third-order valence-corrected chi connectivity index (χ3v) is 6.09. The lowest BCUT2D eigenvalue weighted by atomic mass is 9.78. The Morgan fingerprint density at radius 3 is 2.46 bits per heavy atom. The first-order valence-electron chi connectivity index (χ1n) is 9.45. The van der Waals surface area contributed by atoms with Crippen LogP contribution in [0.1, 0.15) is 42.5 Å². The van der Waals surface area contributed by atoms with Crippen LogP contribution in [0.25, 0.3) is 0 Å². The van der Waals surface area contributed by atoms with Crippen LogP contribution >= 0.6 is 0 Å². The zero-order valence-electron chi connectivity index (χ0n) is 15.2. The molecule has 1 aromatic rings. The molecule has 3 heterocycles. The van der Waals surface area contributed by atoms with Gasteiger partial charge in [0, 0.05) is 50.9 Å². The fourth-order valence-corrected chi connectivity index (χ4v) is 4.58. The van der Waals surface area contributed by atoms with Crippen LogP contribution in [0, 0.1) is 5.41 Å². The maximum Gasteiger partial charge on any atom is 0.253 e. The van der Waals surface area contributed by atoms with Gasteiger partial charge in [-0.05, 0) is 49.9 Å². The molecule has 0 bridgehead atoms. The van der Waals surface area contributed by atoms with E-state index in [0.717, 1.165) is 44.5 Å². The largest absolute Gasteiger partial charge is 0.345 e. The third-order valence-electron chi connectivity index (χ3n) is 6.09. The third kappa shape index (κ3) is 2.77.